The van der Waals surface area contributed by atoms with Gasteiger partial charge in [0.15, 0.2) is 0 Å². The van der Waals surface area contributed by atoms with E-state index < -0.39 is 0 Å². The molecule has 3 aromatic rings. The lowest BCUT2D eigenvalue weighted by atomic mass is 9.89. The molecule has 4 rings (SSSR count). The van der Waals surface area contributed by atoms with Crippen molar-refractivity contribution in [3.05, 3.63) is 76.5 Å². The maximum absolute atomic E-state index is 12.7. The Balaban J connectivity index is 1.40. The highest BCUT2D eigenvalue weighted by Gasteiger charge is 2.31. The van der Waals surface area contributed by atoms with Gasteiger partial charge in [0.2, 0.25) is 0 Å². The normalized spacial score (nSPS) is 16.2. The smallest absolute Gasteiger partial charge is 0.270 e. The molecule has 7 heteroatoms. The molecule has 1 aliphatic heterocycles. The van der Waals surface area contributed by atoms with Crippen LogP contribution in [0.4, 0.5) is 0 Å². The molecule has 0 saturated carbocycles. The molecule has 1 N–H and O–H groups in total. The highest BCUT2D eigenvalue weighted by Crippen LogP contribution is 2.32. The van der Waals surface area contributed by atoms with Gasteiger partial charge in [-0.2, -0.15) is 0 Å². The van der Waals surface area contributed by atoms with Crippen LogP contribution in [0.2, 0.25) is 0 Å². The molecule has 1 aromatic carbocycles. The molecule has 1 amide bonds. The van der Waals surface area contributed by atoms with Crippen molar-refractivity contribution in [2.75, 3.05) is 20.2 Å². The summed E-state index contributed by atoms with van der Waals surface area (Å²) in [6.45, 7) is 2.89. The first kappa shape index (κ1) is 20.5. The molecule has 1 aliphatic rings. The first-order valence-electron chi connectivity index (χ1n) is 10.2. The third kappa shape index (κ3) is 5.04. The summed E-state index contributed by atoms with van der Waals surface area (Å²) in [6.07, 6.45) is 5.47. The Morgan fingerprint density at radius 3 is 2.77 bits per heavy atom. The zero-order chi connectivity index (χ0) is 20.8. The summed E-state index contributed by atoms with van der Waals surface area (Å²) in [7, 11) is 1.70. The van der Waals surface area contributed by atoms with E-state index in [2.05, 4.69) is 32.3 Å². The summed E-state index contributed by atoms with van der Waals surface area (Å²) in [6, 6.07) is 13.5. The van der Waals surface area contributed by atoms with Gasteiger partial charge in [0, 0.05) is 24.3 Å². The van der Waals surface area contributed by atoms with E-state index in [0.29, 0.717) is 11.6 Å². The number of pyridine rings is 1. The largest absolute Gasteiger partial charge is 0.497 e. The lowest BCUT2D eigenvalue weighted by Crippen LogP contribution is -2.40. The first-order valence-corrected chi connectivity index (χ1v) is 11.1. The molecule has 0 radical (unpaired) electrons. The second kappa shape index (κ2) is 9.82. The number of piperidine rings is 1. The molecule has 30 heavy (non-hydrogen) atoms. The van der Waals surface area contributed by atoms with Gasteiger partial charge >= 0.3 is 0 Å². The summed E-state index contributed by atoms with van der Waals surface area (Å²) in [5.41, 5.74) is 1.70. The van der Waals surface area contributed by atoms with Crippen molar-refractivity contribution in [1.29, 1.82) is 0 Å². The van der Waals surface area contributed by atoms with Crippen LogP contribution >= 0.6 is 11.3 Å². The molecule has 1 fully saturated rings. The molecular formula is C23H26N4O2S. The van der Waals surface area contributed by atoms with Crippen LogP contribution in [0.15, 0.2) is 60.2 Å². The van der Waals surface area contributed by atoms with E-state index in [1.54, 1.807) is 36.9 Å². The summed E-state index contributed by atoms with van der Waals surface area (Å²) in [4.78, 5) is 23.9. The minimum Gasteiger partial charge on any atom is -0.497 e. The van der Waals surface area contributed by atoms with Gasteiger partial charge in [0.1, 0.15) is 16.5 Å². The van der Waals surface area contributed by atoms with Gasteiger partial charge in [-0.15, -0.1) is 11.3 Å². The number of hydrogen-bond donors (Lipinski definition) is 1. The lowest BCUT2D eigenvalue weighted by molar-refractivity contribution is 0.0885. The van der Waals surface area contributed by atoms with Crippen LogP contribution in [-0.2, 0) is 6.54 Å². The zero-order valence-corrected chi connectivity index (χ0v) is 17.8. The average molecular weight is 423 g/mol. The Labute approximate surface area is 180 Å². The fraction of sp³-hybridized carbons (Fsp3) is 0.348. The predicted octanol–water partition coefficient (Wildman–Crippen LogP) is 3.93. The van der Waals surface area contributed by atoms with Crippen molar-refractivity contribution in [1.82, 2.24) is 20.2 Å². The van der Waals surface area contributed by atoms with Crippen molar-refractivity contribution in [3.63, 3.8) is 0 Å². The number of nitrogens with one attached hydrogen (secondary N) is 1. The van der Waals surface area contributed by atoms with E-state index in [4.69, 9.17) is 4.74 Å². The molecule has 6 nitrogen and oxygen atoms in total. The van der Waals surface area contributed by atoms with Gasteiger partial charge in [0.05, 0.1) is 13.2 Å². The van der Waals surface area contributed by atoms with E-state index in [-0.39, 0.29) is 11.9 Å². The molecule has 1 unspecified atom stereocenters. The number of carbonyl (C=O) groups is 1. The van der Waals surface area contributed by atoms with E-state index >= 15 is 0 Å². The van der Waals surface area contributed by atoms with Crippen molar-refractivity contribution in [2.24, 2.45) is 5.92 Å². The van der Waals surface area contributed by atoms with Crippen molar-refractivity contribution in [3.8, 4) is 5.75 Å². The Hall–Kier alpha value is -2.77. The molecule has 1 atom stereocenters. The quantitative estimate of drug-likeness (QED) is 0.625. The third-order valence-corrected chi connectivity index (χ3v) is 6.40. The van der Waals surface area contributed by atoms with E-state index in [1.807, 2.05) is 29.6 Å². The number of rotatable bonds is 7. The lowest BCUT2D eigenvalue weighted by Gasteiger charge is -2.35. The van der Waals surface area contributed by atoms with Crippen molar-refractivity contribution < 1.29 is 9.53 Å². The summed E-state index contributed by atoms with van der Waals surface area (Å²) in [5, 5.41) is 6.13. The third-order valence-electron chi connectivity index (χ3n) is 5.55. The number of benzene rings is 1. The maximum atomic E-state index is 12.7. The van der Waals surface area contributed by atoms with Crippen LogP contribution in [0.3, 0.4) is 0 Å². The maximum Gasteiger partial charge on any atom is 0.270 e. The topological polar surface area (TPSA) is 67.3 Å². The van der Waals surface area contributed by atoms with Crippen molar-refractivity contribution >= 4 is 17.2 Å². The number of thiazole rings is 1. The molecule has 3 heterocycles. The van der Waals surface area contributed by atoms with Crippen LogP contribution < -0.4 is 10.1 Å². The molecule has 2 aromatic heterocycles. The van der Waals surface area contributed by atoms with Crippen LogP contribution in [0.1, 0.15) is 39.9 Å². The highest BCUT2D eigenvalue weighted by molar-refractivity contribution is 7.09. The molecular weight excluding hydrogens is 396 g/mol. The fourth-order valence-corrected chi connectivity index (χ4v) is 4.74. The molecule has 0 aliphatic carbocycles. The van der Waals surface area contributed by atoms with Gasteiger partial charge in [0.25, 0.3) is 5.91 Å². The summed E-state index contributed by atoms with van der Waals surface area (Å²) < 4.78 is 5.34. The standard InChI is InChI=1S/C23H26N4O2S/c1-29-19-6-4-5-17(15-19)16-27-12-8-18(9-13-27)21(23-25-11-14-30-23)26-22(28)20-7-2-3-10-24-20/h2-7,10-11,14-15,18,21H,8-9,12-13,16H2,1H3,(H,26,28). The minimum absolute atomic E-state index is 0.0847. The Kier molecular flexibility index (Phi) is 6.71. The minimum atomic E-state index is -0.144. The number of aromatic nitrogens is 2. The van der Waals surface area contributed by atoms with E-state index in [9.17, 15) is 4.79 Å². The molecule has 0 bridgehead atoms. The van der Waals surface area contributed by atoms with Crippen LogP contribution in [-0.4, -0.2) is 41.0 Å². The van der Waals surface area contributed by atoms with Gasteiger partial charge in [-0.05, 0) is 61.7 Å². The second-order valence-corrected chi connectivity index (χ2v) is 8.43. The fourth-order valence-electron chi connectivity index (χ4n) is 3.95. The van der Waals surface area contributed by atoms with Gasteiger partial charge < -0.3 is 10.1 Å². The van der Waals surface area contributed by atoms with Gasteiger partial charge in [-0.1, -0.05) is 18.2 Å². The SMILES string of the molecule is COc1cccc(CN2CCC(C(NC(=O)c3ccccn3)c3nccs3)CC2)c1. The van der Waals surface area contributed by atoms with Gasteiger partial charge in [-0.3, -0.25) is 14.7 Å². The highest BCUT2D eigenvalue weighted by atomic mass is 32.1. The predicted molar refractivity (Wildman–Crippen MR) is 118 cm³/mol. The molecule has 156 valence electrons. The number of carbonyl (C=O) groups excluding carboxylic acids is 1. The average Bonchev–Trinajstić information content (AvgIpc) is 3.33. The zero-order valence-electron chi connectivity index (χ0n) is 17.0. The van der Waals surface area contributed by atoms with Crippen molar-refractivity contribution in [2.45, 2.75) is 25.4 Å². The van der Waals surface area contributed by atoms with E-state index in [0.717, 1.165) is 43.2 Å². The number of nitrogens with zero attached hydrogens (tertiary/aromatic N) is 3. The number of amides is 1. The second-order valence-electron chi connectivity index (χ2n) is 7.50. The molecule has 0 spiro atoms. The van der Waals surface area contributed by atoms with Crippen LogP contribution in [0, 0.1) is 5.92 Å². The monoisotopic (exact) mass is 422 g/mol. The summed E-state index contributed by atoms with van der Waals surface area (Å²) in [5.74, 6) is 1.10. The van der Waals surface area contributed by atoms with Gasteiger partial charge in [-0.25, -0.2) is 4.98 Å². The number of methoxy groups -OCH3 is 1. The number of likely N-dealkylation sites (tertiary alicyclic amines) is 1. The Morgan fingerprint density at radius 1 is 1.20 bits per heavy atom. The van der Waals surface area contributed by atoms with Crippen LogP contribution in [0.25, 0.3) is 0 Å². The number of ether oxygens (including phenoxy) is 1. The molecule has 1 saturated heterocycles. The Morgan fingerprint density at radius 2 is 2.07 bits per heavy atom. The van der Waals surface area contributed by atoms with E-state index in [1.165, 1.54) is 5.56 Å². The van der Waals surface area contributed by atoms with Crippen LogP contribution in [0.5, 0.6) is 5.75 Å². The summed E-state index contributed by atoms with van der Waals surface area (Å²) >= 11 is 1.60. The Bertz CT molecular complexity index is 941. The number of hydrogen-bond acceptors (Lipinski definition) is 6. The first-order chi connectivity index (χ1) is 14.7.